The summed E-state index contributed by atoms with van der Waals surface area (Å²) in [6.07, 6.45) is 2.90. The molecule has 0 amide bonds. The lowest BCUT2D eigenvalue weighted by atomic mass is 10.2. The monoisotopic (exact) mass is 210 g/mol. The molecule has 1 N–H and O–H groups in total. The van der Waals surface area contributed by atoms with E-state index in [2.05, 4.69) is 22.3 Å². The van der Waals surface area contributed by atoms with E-state index in [0.717, 1.165) is 25.3 Å². The normalized spacial score (nSPS) is 10.5. The van der Waals surface area contributed by atoms with Gasteiger partial charge in [-0.1, -0.05) is 6.92 Å². The van der Waals surface area contributed by atoms with Gasteiger partial charge in [0.2, 0.25) is 0 Å². The van der Waals surface area contributed by atoms with Crippen molar-refractivity contribution < 1.29 is 4.79 Å². The summed E-state index contributed by atoms with van der Waals surface area (Å²) in [5.74, 6) is 0.909. The van der Waals surface area contributed by atoms with E-state index in [1.165, 1.54) is 6.33 Å². The number of hydrogen-bond donors (Lipinski definition) is 1. The van der Waals surface area contributed by atoms with E-state index in [9.17, 15) is 4.79 Å². The lowest BCUT2D eigenvalue weighted by Gasteiger charge is -2.03. The van der Waals surface area contributed by atoms with Crippen molar-refractivity contribution in [3.8, 4) is 0 Å². The molecule has 1 heterocycles. The highest BCUT2D eigenvalue weighted by Crippen LogP contribution is 1.95. The summed E-state index contributed by atoms with van der Waals surface area (Å²) >= 11 is 0. The SMILES string of the molecule is CCCNCC(=O)Cc1ncnn1CC. The predicted molar refractivity (Wildman–Crippen MR) is 57.6 cm³/mol. The Labute approximate surface area is 89.9 Å². The Bertz CT molecular complexity index is 308. The Morgan fingerprint density at radius 3 is 3.00 bits per heavy atom. The lowest BCUT2D eigenvalue weighted by Crippen LogP contribution is -2.25. The summed E-state index contributed by atoms with van der Waals surface area (Å²) in [4.78, 5) is 15.6. The number of carbonyl (C=O) groups excluding carboxylic acids is 1. The molecular formula is C10H18N4O. The van der Waals surface area contributed by atoms with Gasteiger partial charge < -0.3 is 5.32 Å². The minimum absolute atomic E-state index is 0.158. The molecule has 0 radical (unpaired) electrons. The highest BCUT2D eigenvalue weighted by Gasteiger charge is 2.08. The molecular weight excluding hydrogens is 192 g/mol. The summed E-state index contributed by atoms with van der Waals surface area (Å²) < 4.78 is 1.75. The van der Waals surface area contributed by atoms with Crippen LogP contribution in [0.5, 0.6) is 0 Å². The zero-order valence-corrected chi connectivity index (χ0v) is 9.36. The van der Waals surface area contributed by atoms with Crippen molar-refractivity contribution >= 4 is 5.78 Å². The smallest absolute Gasteiger partial charge is 0.154 e. The maximum absolute atomic E-state index is 11.5. The minimum Gasteiger partial charge on any atom is -0.310 e. The number of nitrogens with zero attached hydrogens (tertiary/aromatic N) is 3. The van der Waals surface area contributed by atoms with E-state index in [1.807, 2.05) is 6.92 Å². The van der Waals surface area contributed by atoms with Crippen LogP contribution in [0.15, 0.2) is 6.33 Å². The van der Waals surface area contributed by atoms with Crippen LogP contribution in [0.2, 0.25) is 0 Å². The number of aryl methyl sites for hydroxylation is 1. The van der Waals surface area contributed by atoms with Gasteiger partial charge >= 0.3 is 0 Å². The number of ketones is 1. The van der Waals surface area contributed by atoms with Crippen LogP contribution < -0.4 is 5.32 Å². The molecule has 0 spiro atoms. The van der Waals surface area contributed by atoms with Crippen molar-refractivity contribution in [1.82, 2.24) is 20.1 Å². The topological polar surface area (TPSA) is 59.8 Å². The maximum Gasteiger partial charge on any atom is 0.154 e. The van der Waals surface area contributed by atoms with Crippen molar-refractivity contribution in [2.24, 2.45) is 0 Å². The summed E-state index contributed by atoms with van der Waals surface area (Å²) in [5, 5.41) is 7.09. The fourth-order valence-corrected chi connectivity index (χ4v) is 1.33. The van der Waals surface area contributed by atoms with Gasteiger partial charge in [-0.05, 0) is 19.9 Å². The fourth-order valence-electron chi connectivity index (χ4n) is 1.33. The molecule has 5 nitrogen and oxygen atoms in total. The largest absolute Gasteiger partial charge is 0.310 e. The number of nitrogens with one attached hydrogen (secondary N) is 1. The van der Waals surface area contributed by atoms with Gasteiger partial charge in [0.1, 0.15) is 12.2 Å². The summed E-state index contributed by atoms with van der Waals surface area (Å²) in [6.45, 7) is 6.12. The first-order valence-corrected chi connectivity index (χ1v) is 5.37. The Morgan fingerprint density at radius 2 is 2.33 bits per heavy atom. The third-order valence-electron chi connectivity index (χ3n) is 2.10. The fraction of sp³-hybridized carbons (Fsp3) is 0.700. The molecule has 0 fully saturated rings. The number of rotatable bonds is 7. The molecule has 0 saturated heterocycles. The van der Waals surface area contributed by atoms with Crippen LogP contribution in [0.4, 0.5) is 0 Å². The molecule has 1 aromatic rings. The van der Waals surface area contributed by atoms with Gasteiger partial charge in [0, 0.05) is 6.54 Å². The average molecular weight is 210 g/mol. The number of carbonyl (C=O) groups is 1. The lowest BCUT2D eigenvalue weighted by molar-refractivity contribution is -0.117. The van der Waals surface area contributed by atoms with Crippen molar-refractivity contribution in [3.05, 3.63) is 12.2 Å². The third kappa shape index (κ3) is 3.79. The highest BCUT2D eigenvalue weighted by atomic mass is 16.1. The molecule has 0 aromatic carbocycles. The molecule has 1 rings (SSSR count). The second-order valence-electron chi connectivity index (χ2n) is 3.38. The zero-order valence-electron chi connectivity index (χ0n) is 9.36. The average Bonchev–Trinajstić information content (AvgIpc) is 2.65. The molecule has 0 saturated carbocycles. The first-order valence-electron chi connectivity index (χ1n) is 5.37. The standard InChI is InChI=1S/C10H18N4O/c1-3-5-11-7-9(15)6-10-12-8-13-14(10)4-2/h8,11H,3-7H2,1-2H3. The second-order valence-corrected chi connectivity index (χ2v) is 3.38. The molecule has 1 aromatic heterocycles. The van der Waals surface area contributed by atoms with Gasteiger partial charge in [0.05, 0.1) is 13.0 Å². The van der Waals surface area contributed by atoms with Crippen LogP contribution in [0.1, 0.15) is 26.1 Å². The molecule has 15 heavy (non-hydrogen) atoms. The first kappa shape index (κ1) is 11.8. The van der Waals surface area contributed by atoms with Crippen LogP contribution in [-0.2, 0) is 17.8 Å². The molecule has 5 heteroatoms. The Morgan fingerprint density at radius 1 is 1.53 bits per heavy atom. The molecule has 0 aliphatic carbocycles. The van der Waals surface area contributed by atoms with Gasteiger partial charge in [-0.25, -0.2) is 9.67 Å². The molecule has 84 valence electrons. The summed E-state index contributed by atoms with van der Waals surface area (Å²) in [5.41, 5.74) is 0. The maximum atomic E-state index is 11.5. The Balaban J connectivity index is 2.37. The van der Waals surface area contributed by atoms with Crippen LogP contribution in [0.25, 0.3) is 0 Å². The number of Topliss-reactive ketones (excluding diaryl/α,β-unsaturated/α-hetero) is 1. The van der Waals surface area contributed by atoms with Gasteiger partial charge in [0.15, 0.2) is 5.78 Å². The predicted octanol–water partition coefficient (Wildman–Crippen LogP) is 0.409. The van der Waals surface area contributed by atoms with Crippen LogP contribution in [0.3, 0.4) is 0 Å². The van der Waals surface area contributed by atoms with E-state index >= 15 is 0 Å². The minimum atomic E-state index is 0.158. The second kappa shape index (κ2) is 6.29. The highest BCUT2D eigenvalue weighted by molar-refractivity contribution is 5.82. The van der Waals surface area contributed by atoms with Gasteiger partial charge in [-0.15, -0.1) is 0 Å². The zero-order chi connectivity index (χ0) is 11.1. The molecule has 0 bridgehead atoms. The van der Waals surface area contributed by atoms with Crippen LogP contribution in [0, 0.1) is 0 Å². The van der Waals surface area contributed by atoms with Gasteiger partial charge in [-0.3, -0.25) is 4.79 Å². The number of hydrogen-bond acceptors (Lipinski definition) is 4. The number of aromatic nitrogens is 3. The Kier molecular flexibility index (Phi) is 4.97. The van der Waals surface area contributed by atoms with E-state index in [1.54, 1.807) is 4.68 Å². The van der Waals surface area contributed by atoms with E-state index in [4.69, 9.17) is 0 Å². The quantitative estimate of drug-likeness (QED) is 0.662. The van der Waals surface area contributed by atoms with Crippen LogP contribution >= 0.6 is 0 Å². The van der Waals surface area contributed by atoms with E-state index in [0.29, 0.717) is 13.0 Å². The van der Waals surface area contributed by atoms with Gasteiger partial charge in [-0.2, -0.15) is 5.10 Å². The summed E-state index contributed by atoms with van der Waals surface area (Å²) in [6, 6.07) is 0. The molecule has 0 aliphatic heterocycles. The van der Waals surface area contributed by atoms with E-state index < -0.39 is 0 Å². The molecule has 0 aliphatic rings. The van der Waals surface area contributed by atoms with Crippen LogP contribution in [-0.4, -0.2) is 33.6 Å². The van der Waals surface area contributed by atoms with Crippen molar-refractivity contribution in [3.63, 3.8) is 0 Å². The molecule has 0 unspecified atom stereocenters. The molecule has 0 atom stereocenters. The summed E-state index contributed by atoms with van der Waals surface area (Å²) in [7, 11) is 0. The first-order chi connectivity index (χ1) is 7.27. The van der Waals surface area contributed by atoms with Crippen molar-refractivity contribution in [2.45, 2.75) is 33.2 Å². The van der Waals surface area contributed by atoms with E-state index in [-0.39, 0.29) is 5.78 Å². The third-order valence-corrected chi connectivity index (χ3v) is 2.10. The van der Waals surface area contributed by atoms with Crippen molar-refractivity contribution in [2.75, 3.05) is 13.1 Å². The Hall–Kier alpha value is -1.23. The van der Waals surface area contributed by atoms with Gasteiger partial charge in [0.25, 0.3) is 0 Å². The van der Waals surface area contributed by atoms with Crippen molar-refractivity contribution in [1.29, 1.82) is 0 Å².